The number of hydrogen-bond acceptors (Lipinski definition) is 3. The van der Waals surface area contributed by atoms with Crippen molar-refractivity contribution in [1.29, 1.82) is 0 Å². The molecule has 2 rings (SSSR count). The number of hydrogen-bond donors (Lipinski definition) is 2. The van der Waals surface area contributed by atoms with Gasteiger partial charge in [-0.3, -0.25) is 0 Å². The van der Waals surface area contributed by atoms with Crippen LogP contribution in [0, 0.1) is 5.92 Å². The van der Waals surface area contributed by atoms with Crippen molar-refractivity contribution < 1.29 is 14.7 Å². The number of amides is 2. The minimum absolute atomic E-state index is 0.224. The number of rotatable bonds is 3. The molecule has 0 aromatic rings. The van der Waals surface area contributed by atoms with Crippen molar-refractivity contribution >= 4 is 12.0 Å². The van der Waals surface area contributed by atoms with E-state index < -0.39 is 12.0 Å². The normalized spacial score (nSPS) is 28.4. The van der Waals surface area contributed by atoms with Crippen LogP contribution in [0.25, 0.3) is 0 Å². The van der Waals surface area contributed by atoms with Crippen molar-refractivity contribution in [3.8, 4) is 0 Å². The van der Waals surface area contributed by atoms with E-state index in [2.05, 4.69) is 17.3 Å². The first kappa shape index (κ1) is 14.1. The highest BCUT2D eigenvalue weighted by Gasteiger charge is 2.34. The van der Waals surface area contributed by atoms with Crippen molar-refractivity contribution in [3.05, 3.63) is 0 Å². The Morgan fingerprint density at radius 3 is 2.68 bits per heavy atom. The molecule has 0 aromatic carbocycles. The lowest BCUT2D eigenvalue weighted by Crippen LogP contribution is -2.48. The molecule has 2 aliphatic heterocycles. The summed E-state index contributed by atoms with van der Waals surface area (Å²) in [5.74, 6) is -0.418. The predicted molar refractivity (Wildman–Crippen MR) is 71.0 cm³/mol. The summed E-state index contributed by atoms with van der Waals surface area (Å²) in [6.07, 6.45) is 3.64. The van der Waals surface area contributed by atoms with Crippen LogP contribution in [0.4, 0.5) is 4.79 Å². The summed E-state index contributed by atoms with van der Waals surface area (Å²) < 4.78 is 0. The SMILES string of the molecule is CN1CCCC(CNC(=O)N2CCCC2C(=O)O)C1. The molecule has 2 fully saturated rings. The van der Waals surface area contributed by atoms with Crippen LogP contribution in [0.3, 0.4) is 0 Å². The quantitative estimate of drug-likeness (QED) is 0.786. The van der Waals surface area contributed by atoms with Gasteiger partial charge in [0.1, 0.15) is 6.04 Å². The molecule has 19 heavy (non-hydrogen) atoms. The topological polar surface area (TPSA) is 72.9 Å². The molecule has 0 saturated carbocycles. The summed E-state index contributed by atoms with van der Waals surface area (Å²) in [7, 11) is 2.09. The molecule has 2 saturated heterocycles. The molecule has 0 aromatic heterocycles. The van der Waals surface area contributed by atoms with Crippen molar-refractivity contribution in [2.75, 3.05) is 33.2 Å². The highest BCUT2D eigenvalue weighted by atomic mass is 16.4. The first-order valence-electron chi connectivity index (χ1n) is 7.03. The van der Waals surface area contributed by atoms with Gasteiger partial charge in [0, 0.05) is 19.6 Å². The van der Waals surface area contributed by atoms with Crippen molar-refractivity contribution in [2.45, 2.75) is 31.7 Å². The standard InChI is InChI=1S/C13H23N3O3/c1-15-6-2-4-10(9-15)8-14-13(19)16-7-3-5-11(16)12(17)18/h10-11H,2-9H2,1H3,(H,14,19)(H,17,18). The molecule has 2 atom stereocenters. The summed E-state index contributed by atoms with van der Waals surface area (Å²) in [5, 5.41) is 12.0. The van der Waals surface area contributed by atoms with Gasteiger partial charge in [-0.15, -0.1) is 0 Å². The number of nitrogens with zero attached hydrogens (tertiary/aromatic N) is 2. The maximum Gasteiger partial charge on any atom is 0.326 e. The molecular formula is C13H23N3O3. The number of aliphatic carboxylic acids is 1. The second-order valence-electron chi connectivity index (χ2n) is 5.65. The molecule has 2 N–H and O–H groups in total. The third kappa shape index (κ3) is 3.59. The van der Waals surface area contributed by atoms with E-state index in [1.165, 1.54) is 11.3 Å². The van der Waals surface area contributed by atoms with Crippen LogP contribution in [0.5, 0.6) is 0 Å². The van der Waals surface area contributed by atoms with Gasteiger partial charge in [0.2, 0.25) is 0 Å². The van der Waals surface area contributed by atoms with E-state index in [0.717, 1.165) is 25.9 Å². The summed E-state index contributed by atoms with van der Waals surface area (Å²) in [4.78, 5) is 26.8. The maximum absolute atomic E-state index is 12.0. The van der Waals surface area contributed by atoms with Crippen molar-refractivity contribution in [1.82, 2.24) is 15.1 Å². The Kier molecular flexibility index (Phi) is 4.63. The number of piperidine rings is 1. The number of nitrogens with one attached hydrogen (secondary N) is 1. The van der Waals surface area contributed by atoms with Crippen LogP contribution >= 0.6 is 0 Å². The first-order chi connectivity index (χ1) is 9.08. The van der Waals surface area contributed by atoms with Crippen LogP contribution < -0.4 is 5.32 Å². The highest BCUT2D eigenvalue weighted by Crippen LogP contribution is 2.18. The number of urea groups is 1. The molecule has 2 heterocycles. The smallest absolute Gasteiger partial charge is 0.326 e. The van der Waals surface area contributed by atoms with Gasteiger partial charge in [0.15, 0.2) is 0 Å². The Bertz CT molecular complexity index is 348. The minimum atomic E-state index is -0.898. The fraction of sp³-hybridized carbons (Fsp3) is 0.846. The van der Waals surface area contributed by atoms with E-state index in [4.69, 9.17) is 5.11 Å². The molecule has 6 nitrogen and oxygen atoms in total. The van der Waals surface area contributed by atoms with E-state index in [9.17, 15) is 9.59 Å². The summed E-state index contributed by atoms with van der Waals surface area (Å²) >= 11 is 0. The Morgan fingerprint density at radius 2 is 2.00 bits per heavy atom. The van der Waals surface area contributed by atoms with Crippen LogP contribution in [0.1, 0.15) is 25.7 Å². The van der Waals surface area contributed by atoms with Gasteiger partial charge in [0.05, 0.1) is 0 Å². The fourth-order valence-corrected chi connectivity index (χ4v) is 3.04. The molecule has 0 bridgehead atoms. The summed E-state index contributed by atoms with van der Waals surface area (Å²) in [6.45, 7) is 3.32. The van der Waals surface area contributed by atoms with Gasteiger partial charge >= 0.3 is 12.0 Å². The van der Waals surface area contributed by atoms with Crippen molar-refractivity contribution in [2.24, 2.45) is 5.92 Å². The van der Waals surface area contributed by atoms with Gasteiger partial charge in [-0.1, -0.05) is 0 Å². The highest BCUT2D eigenvalue weighted by molar-refractivity contribution is 5.83. The molecule has 0 aliphatic carbocycles. The average Bonchev–Trinajstić information content (AvgIpc) is 2.85. The lowest BCUT2D eigenvalue weighted by atomic mass is 9.99. The second-order valence-corrected chi connectivity index (χ2v) is 5.65. The third-order valence-corrected chi connectivity index (χ3v) is 4.06. The lowest BCUT2D eigenvalue weighted by Gasteiger charge is -2.30. The second kappa shape index (κ2) is 6.23. The summed E-state index contributed by atoms with van der Waals surface area (Å²) in [5.41, 5.74) is 0. The average molecular weight is 269 g/mol. The lowest BCUT2D eigenvalue weighted by molar-refractivity contribution is -0.141. The Morgan fingerprint density at radius 1 is 1.26 bits per heavy atom. The Labute approximate surface area is 113 Å². The number of carbonyl (C=O) groups excluding carboxylic acids is 1. The minimum Gasteiger partial charge on any atom is -0.480 e. The number of carboxylic acids is 1. The van der Waals surface area contributed by atoms with Gasteiger partial charge in [0.25, 0.3) is 0 Å². The predicted octanol–water partition coefficient (Wildman–Crippen LogP) is 0.587. The zero-order valence-electron chi connectivity index (χ0n) is 11.5. The molecule has 108 valence electrons. The molecule has 0 spiro atoms. The zero-order chi connectivity index (χ0) is 13.8. The van der Waals surface area contributed by atoms with Gasteiger partial charge in [-0.05, 0) is 45.2 Å². The van der Waals surface area contributed by atoms with Gasteiger partial charge in [-0.2, -0.15) is 0 Å². The Hall–Kier alpha value is -1.30. The number of likely N-dealkylation sites (tertiary alicyclic amines) is 2. The fourth-order valence-electron chi connectivity index (χ4n) is 3.04. The molecule has 2 amide bonds. The Balaban J connectivity index is 1.79. The molecule has 6 heteroatoms. The molecule has 2 unspecified atom stereocenters. The van der Waals surface area contributed by atoms with Crippen molar-refractivity contribution in [3.63, 3.8) is 0 Å². The van der Waals surface area contributed by atoms with Crippen LogP contribution in [-0.4, -0.2) is 66.2 Å². The third-order valence-electron chi connectivity index (χ3n) is 4.06. The van der Waals surface area contributed by atoms with Gasteiger partial charge in [-0.25, -0.2) is 9.59 Å². The molecule has 2 aliphatic rings. The van der Waals surface area contributed by atoms with E-state index in [-0.39, 0.29) is 6.03 Å². The maximum atomic E-state index is 12.0. The van der Waals surface area contributed by atoms with Crippen LogP contribution in [0.15, 0.2) is 0 Å². The molecular weight excluding hydrogens is 246 g/mol. The van der Waals surface area contributed by atoms with Gasteiger partial charge < -0.3 is 20.2 Å². The van der Waals surface area contributed by atoms with Crippen LogP contribution in [0.2, 0.25) is 0 Å². The van der Waals surface area contributed by atoms with E-state index in [0.29, 0.717) is 25.4 Å². The van der Waals surface area contributed by atoms with E-state index in [1.54, 1.807) is 0 Å². The largest absolute Gasteiger partial charge is 0.480 e. The number of carboxylic acid groups (broad SMARTS) is 1. The van der Waals surface area contributed by atoms with Crippen LogP contribution in [-0.2, 0) is 4.79 Å². The summed E-state index contributed by atoms with van der Waals surface area (Å²) in [6, 6.07) is -0.868. The zero-order valence-corrected chi connectivity index (χ0v) is 11.5. The first-order valence-corrected chi connectivity index (χ1v) is 7.03. The van der Waals surface area contributed by atoms with E-state index >= 15 is 0 Å². The number of carbonyl (C=O) groups is 2. The molecule has 0 radical (unpaired) electrons. The monoisotopic (exact) mass is 269 g/mol. The van der Waals surface area contributed by atoms with E-state index in [1.807, 2.05) is 0 Å².